The summed E-state index contributed by atoms with van der Waals surface area (Å²) < 4.78 is 1.75. The Morgan fingerprint density at radius 1 is 1.17 bits per heavy atom. The molecule has 2 aromatic heterocycles. The second kappa shape index (κ2) is 7.22. The van der Waals surface area contributed by atoms with Crippen molar-refractivity contribution >= 4 is 22.9 Å². The van der Waals surface area contributed by atoms with Gasteiger partial charge < -0.3 is 16.4 Å². The zero-order valence-corrected chi connectivity index (χ0v) is 13.9. The molecule has 4 N–H and O–H groups in total. The van der Waals surface area contributed by atoms with Gasteiger partial charge in [-0.1, -0.05) is 35.5 Å². The highest BCUT2D eigenvalue weighted by atomic mass is 15.4. The van der Waals surface area contributed by atoms with E-state index in [1.807, 2.05) is 32.0 Å². The van der Waals surface area contributed by atoms with E-state index in [2.05, 4.69) is 43.0 Å². The Kier molecular flexibility index (Phi) is 4.85. The van der Waals surface area contributed by atoms with Crippen LogP contribution >= 0.6 is 0 Å². The first-order valence-corrected chi connectivity index (χ1v) is 8.06. The first kappa shape index (κ1) is 16.1. The highest BCUT2D eigenvalue weighted by Gasteiger charge is 2.14. The van der Waals surface area contributed by atoms with Gasteiger partial charge in [0.15, 0.2) is 17.0 Å². The standard InChI is InChI=1S/C16H22N8/c1-3-24-15-13(22-23-24)14(18-10-12-7-5-4-6-8-12)20-16(21-15)19-9-11(2)17/h4-8,11H,3,9-10,17H2,1-2H3,(H2,18,19,20,21). The lowest BCUT2D eigenvalue weighted by Gasteiger charge is -2.11. The van der Waals surface area contributed by atoms with Crippen LogP contribution in [0.3, 0.4) is 0 Å². The summed E-state index contributed by atoms with van der Waals surface area (Å²) >= 11 is 0. The van der Waals surface area contributed by atoms with Crippen molar-refractivity contribution in [3.8, 4) is 0 Å². The highest BCUT2D eigenvalue weighted by molar-refractivity contribution is 5.83. The van der Waals surface area contributed by atoms with E-state index in [1.54, 1.807) is 4.68 Å². The number of anilines is 2. The summed E-state index contributed by atoms with van der Waals surface area (Å²) in [5, 5.41) is 14.8. The van der Waals surface area contributed by atoms with E-state index in [1.165, 1.54) is 0 Å². The molecular formula is C16H22N8. The predicted molar refractivity (Wildman–Crippen MR) is 94.7 cm³/mol. The summed E-state index contributed by atoms with van der Waals surface area (Å²) in [7, 11) is 0. The third-order valence-electron chi connectivity index (χ3n) is 3.55. The number of fused-ring (bicyclic) bond motifs is 1. The molecule has 0 saturated carbocycles. The minimum absolute atomic E-state index is 0.0132. The van der Waals surface area contributed by atoms with Crippen LogP contribution in [0.1, 0.15) is 19.4 Å². The number of aromatic nitrogens is 5. The fourth-order valence-corrected chi connectivity index (χ4v) is 2.31. The van der Waals surface area contributed by atoms with E-state index >= 15 is 0 Å². The van der Waals surface area contributed by atoms with Crippen LogP contribution in [0.2, 0.25) is 0 Å². The molecule has 1 atom stereocenters. The van der Waals surface area contributed by atoms with Gasteiger partial charge in [0.1, 0.15) is 0 Å². The van der Waals surface area contributed by atoms with E-state index in [-0.39, 0.29) is 6.04 Å². The normalized spacial score (nSPS) is 12.3. The van der Waals surface area contributed by atoms with Crippen LogP contribution in [-0.4, -0.2) is 37.5 Å². The fraction of sp³-hybridized carbons (Fsp3) is 0.375. The molecule has 0 spiro atoms. The monoisotopic (exact) mass is 326 g/mol. The fourth-order valence-electron chi connectivity index (χ4n) is 2.31. The van der Waals surface area contributed by atoms with E-state index in [4.69, 9.17) is 5.73 Å². The number of nitrogens with zero attached hydrogens (tertiary/aromatic N) is 5. The number of aryl methyl sites for hydroxylation is 1. The van der Waals surface area contributed by atoms with Crippen LogP contribution in [0.4, 0.5) is 11.8 Å². The summed E-state index contributed by atoms with van der Waals surface area (Å²) in [6.07, 6.45) is 0. The first-order valence-electron chi connectivity index (χ1n) is 8.06. The van der Waals surface area contributed by atoms with Crippen molar-refractivity contribution in [2.75, 3.05) is 17.2 Å². The molecule has 0 saturated heterocycles. The van der Waals surface area contributed by atoms with Gasteiger partial charge >= 0.3 is 0 Å². The van der Waals surface area contributed by atoms with E-state index in [0.29, 0.717) is 42.6 Å². The highest BCUT2D eigenvalue weighted by Crippen LogP contribution is 2.20. The molecule has 3 aromatic rings. The Morgan fingerprint density at radius 3 is 2.67 bits per heavy atom. The molecule has 0 bridgehead atoms. The van der Waals surface area contributed by atoms with Gasteiger partial charge in [0.25, 0.3) is 0 Å². The number of nitrogens with two attached hydrogens (primary N) is 1. The quantitative estimate of drug-likeness (QED) is 0.605. The molecule has 1 unspecified atom stereocenters. The van der Waals surface area contributed by atoms with E-state index in [0.717, 1.165) is 5.56 Å². The maximum absolute atomic E-state index is 5.80. The Balaban J connectivity index is 1.90. The van der Waals surface area contributed by atoms with Crippen molar-refractivity contribution in [2.24, 2.45) is 5.73 Å². The van der Waals surface area contributed by atoms with Crippen molar-refractivity contribution in [3.63, 3.8) is 0 Å². The van der Waals surface area contributed by atoms with Crippen molar-refractivity contribution in [1.29, 1.82) is 0 Å². The van der Waals surface area contributed by atoms with Crippen molar-refractivity contribution < 1.29 is 0 Å². The molecule has 24 heavy (non-hydrogen) atoms. The Labute approximate surface area is 140 Å². The third kappa shape index (κ3) is 3.60. The van der Waals surface area contributed by atoms with Gasteiger partial charge in [-0.25, -0.2) is 4.68 Å². The Morgan fingerprint density at radius 2 is 1.96 bits per heavy atom. The molecular weight excluding hydrogens is 304 g/mol. The lowest BCUT2D eigenvalue weighted by Crippen LogP contribution is -2.26. The molecule has 0 aliphatic heterocycles. The number of rotatable bonds is 7. The van der Waals surface area contributed by atoms with Gasteiger partial charge in [-0.15, -0.1) is 5.10 Å². The number of nitrogens with one attached hydrogen (secondary N) is 2. The number of benzene rings is 1. The van der Waals surface area contributed by atoms with Crippen LogP contribution in [0.15, 0.2) is 30.3 Å². The minimum Gasteiger partial charge on any atom is -0.364 e. The van der Waals surface area contributed by atoms with Crippen LogP contribution in [0, 0.1) is 0 Å². The van der Waals surface area contributed by atoms with E-state index < -0.39 is 0 Å². The van der Waals surface area contributed by atoms with Gasteiger partial charge in [-0.2, -0.15) is 9.97 Å². The van der Waals surface area contributed by atoms with Crippen LogP contribution in [0.5, 0.6) is 0 Å². The largest absolute Gasteiger partial charge is 0.364 e. The maximum Gasteiger partial charge on any atom is 0.226 e. The zero-order valence-electron chi connectivity index (χ0n) is 13.9. The summed E-state index contributed by atoms with van der Waals surface area (Å²) in [5.41, 5.74) is 8.33. The van der Waals surface area contributed by atoms with Crippen LogP contribution in [0.25, 0.3) is 11.2 Å². The maximum atomic E-state index is 5.80. The van der Waals surface area contributed by atoms with Gasteiger partial charge in [-0.05, 0) is 19.4 Å². The van der Waals surface area contributed by atoms with Crippen LogP contribution < -0.4 is 16.4 Å². The summed E-state index contributed by atoms with van der Waals surface area (Å²) in [4.78, 5) is 9.04. The average Bonchev–Trinajstić information content (AvgIpc) is 3.02. The van der Waals surface area contributed by atoms with E-state index in [9.17, 15) is 0 Å². The molecule has 2 heterocycles. The molecule has 0 aliphatic rings. The second-order valence-electron chi connectivity index (χ2n) is 5.67. The summed E-state index contributed by atoms with van der Waals surface area (Å²) in [6.45, 7) is 5.87. The summed E-state index contributed by atoms with van der Waals surface area (Å²) in [5.74, 6) is 1.18. The number of hydrogen-bond donors (Lipinski definition) is 3. The van der Waals surface area contributed by atoms with Gasteiger partial charge in [0.2, 0.25) is 5.95 Å². The smallest absolute Gasteiger partial charge is 0.226 e. The predicted octanol–water partition coefficient (Wildman–Crippen LogP) is 1.61. The molecule has 0 amide bonds. The minimum atomic E-state index is 0.0132. The average molecular weight is 326 g/mol. The molecule has 0 aliphatic carbocycles. The van der Waals surface area contributed by atoms with Crippen LogP contribution in [-0.2, 0) is 13.1 Å². The molecule has 1 aromatic carbocycles. The lowest BCUT2D eigenvalue weighted by molar-refractivity contribution is 0.641. The Hall–Kier alpha value is -2.74. The van der Waals surface area contributed by atoms with Gasteiger partial charge in [0.05, 0.1) is 0 Å². The summed E-state index contributed by atoms with van der Waals surface area (Å²) in [6, 6.07) is 10.1. The van der Waals surface area contributed by atoms with Gasteiger partial charge in [0, 0.05) is 25.7 Å². The second-order valence-corrected chi connectivity index (χ2v) is 5.67. The number of hydrogen-bond acceptors (Lipinski definition) is 7. The molecule has 8 heteroatoms. The van der Waals surface area contributed by atoms with Gasteiger partial charge in [-0.3, -0.25) is 0 Å². The topological polar surface area (TPSA) is 107 Å². The van der Waals surface area contributed by atoms with Crippen molar-refractivity contribution in [2.45, 2.75) is 33.0 Å². The molecule has 126 valence electrons. The molecule has 0 radical (unpaired) electrons. The van der Waals surface area contributed by atoms with Crippen molar-refractivity contribution in [3.05, 3.63) is 35.9 Å². The first-order chi connectivity index (χ1) is 11.7. The van der Waals surface area contributed by atoms with Crippen molar-refractivity contribution in [1.82, 2.24) is 25.0 Å². The molecule has 0 fully saturated rings. The molecule has 8 nitrogen and oxygen atoms in total. The lowest BCUT2D eigenvalue weighted by atomic mass is 10.2. The third-order valence-corrected chi connectivity index (χ3v) is 3.55. The SMILES string of the molecule is CCn1nnc2c(NCc3ccccc3)nc(NCC(C)N)nc21. The molecule has 3 rings (SSSR count). The zero-order chi connectivity index (χ0) is 16.9. The Bertz CT molecular complexity index is 796.